The average molecular weight is 407 g/mol. The van der Waals surface area contributed by atoms with Crippen molar-refractivity contribution in [3.05, 3.63) is 35.9 Å². The van der Waals surface area contributed by atoms with Crippen LogP contribution in [-0.4, -0.2) is 28.4 Å². The van der Waals surface area contributed by atoms with Gasteiger partial charge in [-0.2, -0.15) is 0 Å². The Morgan fingerprint density at radius 3 is 1.93 bits per heavy atom. The Balaban J connectivity index is 2.02. The maximum atomic E-state index is 11.4. The van der Waals surface area contributed by atoms with Crippen LogP contribution in [0.25, 0.3) is 0 Å². The largest absolute Gasteiger partial charge is 0.479 e. The van der Waals surface area contributed by atoms with Crippen LogP contribution in [0.2, 0.25) is 0 Å². The summed E-state index contributed by atoms with van der Waals surface area (Å²) in [7, 11) is 0. The summed E-state index contributed by atoms with van der Waals surface area (Å²) in [4.78, 5) is 11.4. The van der Waals surface area contributed by atoms with Gasteiger partial charge in [0.05, 0.1) is 12.7 Å². The second kappa shape index (κ2) is 17.5. The highest BCUT2D eigenvalue weighted by atomic mass is 16.5. The molecule has 0 spiro atoms. The van der Waals surface area contributed by atoms with E-state index < -0.39 is 18.2 Å². The molecule has 0 saturated heterocycles. The number of carbonyl (C=O) groups is 1. The summed E-state index contributed by atoms with van der Waals surface area (Å²) in [5.74, 6) is -0.956. The molecular weight excluding hydrogens is 364 g/mol. The molecule has 0 saturated carbocycles. The Bertz CT molecular complexity index is 503. The van der Waals surface area contributed by atoms with E-state index in [1.165, 1.54) is 57.8 Å². The minimum Gasteiger partial charge on any atom is -0.479 e. The van der Waals surface area contributed by atoms with Gasteiger partial charge in [0.25, 0.3) is 0 Å². The lowest BCUT2D eigenvalue weighted by Gasteiger charge is -2.16. The van der Waals surface area contributed by atoms with Crippen LogP contribution in [0, 0.1) is 0 Å². The van der Waals surface area contributed by atoms with Gasteiger partial charge in [-0.3, -0.25) is 0 Å². The van der Waals surface area contributed by atoms with Gasteiger partial charge in [0.2, 0.25) is 0 Å². The number of carboxylic acid groups (broad SMARTS) is 1. The highest BCUT2D eigenvalue weighted by Gasteiger charge is 2.19. The number of aliphatic hydroxyl groups is 1. The highest BCUT2D eigenvalue weighted by molar-refractivity contribution is 5.72. The number of rotatable bonds is 19. The smallest absolute Gasteiger partial charge is 0.332 e. The number of benzene rings is 1. The van der Waals surface area contributed by atoms with E-state index in [0.717, 1.165) is 24.8 Å². The Morgan fingerprint density at radius 2 is 1.38 bits per heavy atom. The fraction of sp³-hybridized carbons (Fsp3) is 0.720. The first-order chi connectivity index (χ1) is 14.1. The van der Waals surface area contributed by atoms with E-state index in [0.29, 0.717) is 12.8 Å². The van der Waals surface area contributed by atoms with E-state index in [9.17, 15) is 15.0 Å². The standard InChI is InChI=1S/C25H42O4/c1-2-3-4-5-6-7-8-9-10-11-15-18-23(26)19-20-24(25(27)28)29-21-22-16-13-12-14-17-22/h12-14,16-17,23-24,26H,2-11,15,18-21H2,1H3,(H,27,28). The molecule has 2 N–H and O–H groups in total. The van der Waals surface area contributed by atoms with Crippen LogP contribution in [-0.2, 0) is 16.1 Å². The second-order valence-corrected chi connectivity index (χ2v) is 8.18. The van der Waals surface area contributed by atoms with Gasteiger partial charge in [-0.25, -0.2) is 4.79 Å². The van der Waals surface area contributed by atoms with Crippen molar-refractivity contribution >= 4 is 5.97 Å². The monoisotopic (exact) mass is 406 g/mol. The lowest BCUT2D eigenvalue weighted by molar-refractivity contribution is -0.152. The van der Waals surface area contributed by atoms with E-state index in [1.807, 2.05) is 30.3 Å². The quantitative estimate of drug-likeness (QED) is 0.257. The fourth-order valence-corrected chi connectivity index (χ4v) is 3.58. The minimum atomic E-state index is -0.956. The molecule has 4 heteroatoms. The van der Waals surface area contributed by atoms with E-state index in [4.69, 9.17) is 4.74 Å². The van der Waals surface area contributed by atoms with Crippen LogP contribution in [0.5, 0.6) is 0 Å². The van der Waals surface area contributed by atoms with Crippen molar-refractivity contribution in [2.75, 3.05) is 0 Å². The molecule has 0 aliphatic rings. The first kappa shape index (κ1) is 25.6. The molecule has 2 unspecified atom stereocenters. The number of hydrogen-bond donors (Lipinski definition) is 2. The molecule has 1 rings (SSSR count). The lowest BCUT2D eigenvalue weighted by Crippen LogP contribution is -2.25. The maximum Gasteiger partial charge on any atom is 0.332 e. The van der Waals surface area contributed by atoms with Crippen molar-refractivity contribution in [2.45, 2.75) is 116 Å². The van der Waals surface area contributed by atoms with Crippen LogP contribution < -0.4 is 0 Å². The van der Waals surface area contributed by atoms with E-state index in [-0.39, 0.29) is 6.61 Å². The highest BCUT2D eigenvalue weighted by Crippen LogP contribution is 2.15. The molecule has 0 bridgehead atoms. The molecule has 0 heterocycles. The first-order valence-corrected chi connectivity index (χ1v) is 11.7. The van der Waals surface area contributed by atoms with Crippen molar-refractivity contribution in [1.29, 1.82) is 0 Å². The summed E-state index contributed by atoms with van der Waals surface area (Å²) in [6, 6.07) is 9.57. The number of hydrogen-bond acceptors (Lipinski definition) is 3. The van der Waals surface area contributed by atoms with Crippen molar-refractivity contribution < 1.29 is 19.7 Å². The topological polar surface area (TPSA) is 66.8 Å². The number of aliphatic hydroxyl groups excluding tert-OH is 1. The number of unbranched alkanes of at least 4 members (excludes halogenated alkanes) is 10. The number of carboxylic acids is 1. The normalized spacial score (nSPS) is 13.3. The van der Waals surface area contributed by atoms with E-state index in [1.54, 1.807) is 0 Å². The van der Waals surface area contributed by atoms with Crippen LogP contribution in [0.1, 0.15) is 102 Å². The maximum absolute atomic E-state index is 11.4. The summed E-state index contributed by atoms with van der Waals surface area (Å²) >= 11 is 0. The van der Waals surface area contributed by atoms with Gasteiger partial charge in [-0.15, -0.1) is 0 Å². The molecule has 2 atom stereocenters. The number of ether oxygens (including phenoxy) is 1. The third-order valence-corrected chi connectivity index (χ3v) is 5.47. The molecule has 4 nitrogen and oxygen atoms in total. The molecule has 0 radical (unpaired) electrons. The summed E-state index contributed by atoms with van der Waals surface area (Å²) < 4.78 is 5.54. The predicted molar refractivity (Wildman–Crippen MR) is 119 cm³/mol. The molecule has 1 aromatic carbocycles. The molecule has 0 aromatic heterocycles. The molecule has 0 amide bonds. The fourth-order valence-electron chi connectivity index (χ4n) is 3.58. The summed E-state index contributed by atoms with van der Waals surface area (Å²) in [6.07, 6.45) is 14.5. The molecule has 29 heavy (non-hydrogen) atoms. The molecule has 0 aliphatic carbocycles. The average Bonchev–Trinajstić information content (AvgIpc) is 2.72. The third-order valence-electron chi connectivity index (χ3n) is 5.47. The zero-order chi connectivity index (χ0) is 21.2. The van der Waals surface area contributed by atoms with Crippen LogP contribution in [0.3, 0.4) is 0 Å². The van der Waals surface area contributed by atoms with Gasteiger partial charge in [0.1, 0.15) is 0 Å². The van der Waals surface area contributed by atoms with Crippen molar-refractivity contribution in [2.24, 2.45) is 0 Å². The summed E-state index contributed by atoms with van der Waals surface area (Å²) in [5.41, 5.74) is 0.959. The van der Waals surface area contributed by atoms with E-state index >= 15 is 0 Å². The molecule has 166 valence electrons. The SMILES string of the molecule is CCCCCCCCCCCCCC(O)CCC(OCc1ccccc1)C(=O)O. The van der Waals surface area contributed by atoms with Gasteiger partial charge >= 0.3 is 5.97 Å². The predicted octanol–water partition coefficient (Wildman–Crippen LogP) is 6.50. The van der Waals surface area contributed by atoms with Crippen LogP contribution in [0.15, 0.2) is 30.3 Å². The summed E-state index contributed by atoms with van der Waals surface area (Å²) in [5, 5.41) is 19.5. The van der Waals surface area contributed by atoms with Crippen molar-refractivity contribution in [3.8, 4) is 0 Å². The van der Waals surface area contributed by atoms with Crippen molar-refractivity contribution in [3.63, 3.8) is 0 Å². The van der Waals surface area contributed by atoms with E-state index in [2.05, 4.69) is 6.92 Å². The third kappa shape index (κ3) is 14.3. The first-order valence-electron chi connectivity index (χ1n) is 11.7. The Kier molecular flexibility index (Phi) is 15.4. The van der Waals surface area contributed by atoms with Crippen molar-refractivity contribution in [1.82, 2.24) is 0 Å². The lowest BCUT2D eigenvalue weighted by atomic mass is 10.0. The van der Waals surface area contributed by atoms with Gasteiger partial charge < -0.3 is 14.9 Å². The van der Waals surface area contributed by atoms with Gasteiger partial charge in [-0.05, 0) is 24.8 Å². The Labute approximate surface area is 177 Å². The van der Waals surface area contributed by atoms with Crippen LogP contribution >= 0.6 is 0 Å². The molecule has 1 aromatic rings. The molecule has 0 fully saturated rings. The number of aliphatic carboxylic acids is 1. The van der Waals surface area contributed by atoms with Gasteiger partial charge in [0.15, 0.2) is 6.10 Å². The van der Waals surface area contributed by atoms with Gasteiger partial charge in [0, 0.05) is 0 Å². The van der Waals surface area contributed by atoms with Crippen LogP contribution in [0.4, 0.5) is 0 Å². The minimum absolute atomic E-state index is 0.284. The molecule has 0 aliphatic heterocycles. The Morgan fingerprint density at radius 1 is 0.828 bits per heavy atom. The second-order valence-electron chi connectivity index (χ2n) is 8.18. The zero-order valence-electron chi connectivity index (χ0n) is 18.4. The summed E-state index contributed by atoms with van der Waals surface area (Å²) in [6.45, 7) is 2.54. The molecular formula is C25H42O4. The zero-order valence-corrected chi connectivity index (χ0v) is 18.4. The Hall–Kier alpha value is -1.39. The van der Waals surface area contributed by atoms with Gasteiger partial charge in [-0.1, -0.05) is 108 Å².